The first-order chi connectivity index (χ1) is 8.14. The van der Waals surface area contributed by atoms with Gasteiger partial charge in [-0.15, -0.1) is 0 Å². The van der Waals surface area contributed by atoms with Crippen molar-refractivity contribution in [3.63, 3.8) is 0 Å². The summed E-state index contributed by atoms with van der Waals surface area (Å²) in [4.78, 5) is 0. The Bertz CT molecular complexity index is 367. The molecule has 1 aliphatic rings. The van der Waals surface area contributed by atoms with E-state index >= 15 is 0 Å². The van der Waals surface area contributed by atoms with Gasteiger partial charge in [0.1, 0.15) is 5.75 Å². The molecule has 1 aromatic rings. The van der Waals surface area contributed by atoms with E-state index in [4.69, 9.17) is 9.47 Å². The maximum absolute atomic E-state index is 10.6. The van der Waals surface area contributed by atoms with E-state index < -0.39 is 5.60 Å². The van der Waals surface area contributed by atoms with E-state index in [0.717, 1.165) is 24.3 Å². The molecule has 2 unspecified atom stereocenters. The zero-order chi connectivity index (χ0) is 12.3. The van der Waals surface area contributed by atoms with E-state index in [1.807, 2.05) is 38.1 Å². The van der Waals surface area contributed by atoms with Crippen LogP contribution in [0, 0.1) is 5.92 Å². The van der Waals surface area contributed by atoms with Gasteiger partial charge in [0.25, 0.3) is 0 Å². The molecule has 0 bridgehead atoms. The maximum Gasteiger partial charge on any atom is 0.119 e. The van der Waals surface area contributed by atoms with E-state index in [0.29, 0.717) is 13.2 Å². The third kappa shape index (κ3) is 2.61. The van der Waals surface area contributed by atoms with Crippen LogP contribution in [0.5, 0.6) is 5.75 Å². The molecule has 0 aromatic heterocycles. The van der Waals surface area contributed by atoms with Gasteiger partial charge in [-0.05, 0) is 38.0 Å². The van der Waals surface area contributed by atoms with Gasteiger partial charge in [0.15, 0.2) is 0 Å². The van der Waals surface area contributed by atoms with Gasteiger partial charge in [0.2, 0.25) is 0 Å². The van der Waals surface area contributed by atoms with Gasteiger partial charge in [0, 0.05) is 12.5 Å². The maximum atomic E-state index is 10.6. The Morgan fingerprint density at radius 1 is 1.53 bits per heavy atom. The van der Waals surface area contributed by atoms with Crippen LogP contribution >= 0.6 is 0 Å². The third-order valence-corrected chi connectivity index (χ3v) is 3.45. The van der Waals surface area contributed by atoms with Gasteiger partial charge in [-0.25, -0.2) is 0 Å². The van der Waals surface area contributed by atoms with E-state index in [1.165, 1.54) is 0 Å². The van der Waals surface area contributed by atoms with Gasteiger partial charge < -0.3 is 14.6 Å². The predicted octanol–water partition coefficient (Wildman–Crippen LogP) is 2.33. The molecular formula is C14H20O3. The smallest absolute Gasteiger partial charge is 0.119 e. The summed E-state index contributed by atoms with van der Waals surface area (Å²) in [7, 11) is 0. The normalized spacial score (nSPS) is 23.4. The lowest BCUT2D eigenvalue weighted by molar-refractivity contribution is -0.00989. The highest BCUT2D eigenvalue weighted by Gasteiger charge is 2.36. The quantitative estimate of drug-likeness (QED) is 0.872. The third-order valence-electron chi connectivity index (χ3n) is 3.45. The lowest BCUT2D eigenvalue weighted by Gasteiger charge is -2.29. The molecule has 3 heteroatoms. The number of hydrogen-bond donors (Lipinski definition) is 1. The number of benzene rings is 1. The van der Waals surface area contributed by atoms with Crippen LogP contribution in [0.1, 0.15) is 25.8 Å². The molecule has 1 saturated heterocycles. The van der Waals surface area contributed by atoms with Crippen molar-refractivity contribution >= 4 is 0 Å². The second kappa shape index (κ2) is 5.07. The predicted molar refractivity (Wildman–Crippen MR) is 66.1 cm³/mol. The number of ether oxygens (including phenoxy) is 2. The SMILES string of the molecule is CCOc1cccc(C(C)(O)C2CCOC2)c1. The first kappa shape index (κ1) is 12.4. The standard InChI is InChI=1S/C14H20O3/c1-3-17-13-6-4-5-11(9-13)14(2,15)12-7-8-16-10-12/h4-6,9,12,15H,3,7-8,10H2,1-2H3. The molecule has 1 N–H and O–H groups in total. The van der Waals surface area contributed by atoms with Crippen molar-refractivity contribution in [2.75, 3.05) is 19.8 Å². The highest BCUT2D eigenvalue weighted by Crippen LogP contribution is 2.35. The summed E-state index contributed by atoms with van der Waals surface area (Å²) < 4.78 is 10.8. The van der Waals surface area contributed by atoms with Gasteiger partial charge in [0.05, 0.1) is 18.8 Å². The van der Waals surface area contributed by atoms with Crippen molar-refractivity contribution in [1.82, 2.24) is 0 Å². The van der Waals surface area contributed by atoms with Crippen molar-refractivity contribution in [2.45, 2.75) is 25.9 Å². The summed E-state index contributed by atoms with van der Waals surface area (Å²) in [6.07, 6.45) is 0.909. The molecule has 1 aliphatic heterocycles. The Morgan fingerprint density at radius 2 is 2.35 bits per heavy atom. The highest BCUT2D eigenvalue weighted by molar-refractivity contribution is 5.32. The highest BCUT2D eigenvalue weighted by atomic mass is 16.5. The van der Waals surface area contributed by atoms with Crippen LogP contribution in [0.2, 0.25) is 0 Å². The minimum absolute atomic E-state index is 0.166. The topological polar surface area (TPSA) is 38.7 Å². The molecule has 1 fully saturated rings. The Hall–Kier alpha value is -1.06. The van der Waals surface area contributed by atoms with E-state index in [-0.39, 0.29) is 5.92 Å². The number of rotatable bonds is 4. The molecule has 0 saturated carbocycles. The molecule has 2 rings (SSSR count). The van der Waals surface area contributed by atoms with Crippen molar-refractivity contribution in [3.05, 3.63) is 29.8 Å². The monoisotopic (exact) mass is 236 g/mol. The van der Waals surface area contributed by atoms with Crippen LogP contribution < -0.4 is 4.74 Å². The first-order valence-corrected chi connectivity index (χ1v) is 6.18. The summed E-state index contributed by atoms with van der Waals surface area (Å²) in [6.45, 7) is 5.82. The lowest BCUT2D eigenvalue weighted by atomic mass is 9.82. The fraction of sp³-hybridized carbons (Fsp3) is 0.571. The van der Waals surface area contributed by atoms with Crippen molar-refractivity contribution in [1.29, 1.82) is 0 Å². The first-order valence-electron chi connectivity index (χ1n) is 6.18. The van der Waals surface area contributed by atoms with Crippen molar-refractivity contribution in [2.24, 2.45) is 5.92 Å². The molecular weight excluding hydrogens is 216 g/mol. The van der Waals surface area contributed by atoms with Gasteiger partial charge in [-0.3, -0.25) is 0 Å². The molecule has 3 nitrogen and oxygen atoms in total. The second-order valence-corrected chi connectivity index (χ2v) is 4.67. The molecule has 0 radical (unpaired) electrons. The molecule has 2 atom stereocenters. The van der Waals surface area contributed by atoms with Crippen LogP contribution in [-0.2, 0) is 10.3 Å². The van der Waals surface area contributed by atoms with Crippen LogP contribution in [0.15, 0.2) is 24.3 Å². The van der Waals surface area contributed by atoms with Gasteiger partial charge in [-0.2, -0.15) is 0 Å². The van der Waals surface area contributed by atoms with Crippen LogP contribution in [0.4, 0.5) is 0 Å². The van der Waals surface area contributed by atoms with Crippen molar-refractivity contribution < 1.29 is 14.6 Å². The number of aliphatic hydroxyl groups is 1. The molecule has 94 valence electrons. The molecule has 0 aliphatic carbocycles. The summed E-state index contributed by atoms with van der Waals surface area (Å²) in [6, 6.07) is 7.70. The Balaban J connectivity index is 2.22. The van der Waals surface area contributed by atoms with E-state index in [9.17, 15) is 5.11 Å². The minimum Gasteiger partial charge on any atom is -0.494 e. The molecule has 17 heavy (non-hydrogen) atoms. The Labute approximate surface area is 102 Å². The largest absolute Gasteiger partial charge is 0.494 e. The summed E-state index contributed by atoms with van der Waals surface area (Å²) in [5.74, 6) is 0.976. The average Bonchev–Trinajstić information content (AvgIpc) is 2.84. The second-order valence-electron chi connectivity index (χ2n) is 4.67. The Morgan fingerprint density at radius 3 is 3.00 bits per heavy atom. The summed E-state index contributed by atoms with van der Waals surface area (Å²) in [5, 5.41) is 10.6. The lowest BCUT2D eigenvalue weighted by Crippen LogP contribution is -2.32. The van der Waals surface area contributed by atoms with Crippen molar-refractivity contribution in [3.8, 4) is 5.75 Å². The molecule has 1 heterocycles. The van der Waals surface area contributed by atoms with Crippen LogP contribution in [0.3, 0.4) is 0 Å². The Kier molecular flexibility index (Phi) is 3.69. The molecule has 0 amide bonds. The zero-order valence-electron chi connectivity index (χ0n) is 10.5. The van der Waals surface area contributed by atoms with Gasteiger partial charge in [-0.1, -0.05) is 12.1 Å². The van der Waals surface area contributed by atoms with E-state index in [2.05, 4.69) is 0 Å². The van der Waals surface area contributed by atoms with Crippen LogP contribution in [0.25, 0.3) is 0 Å². The molecule has 1 aromatic carbocycles. The van der Waals surface area contributed by atoms with Crippen LogP contribution in [-0.4, -0.2) is 24.9 Å². The molecule has 0 spiro atoms. The number of hydrogen-bond acceptors (Lipinski definition) is 3. The average molecular weight is 236 g/mol. The fourth-order valence-corrected chi connectivity index (χ4v) is 2.28. The van der Waals surface area contributed by atoms with Gasteiger partial charge >= 0.3 is 0 Å². The fourth-order valence-electron chi connectivity index (χ4n) is 2.28. The minimum atomic E-state index is -0.844. The zero-order valence-corrected chi connectivity index (χ0v) is 10.5. The summed E-state index contributed by atoms with van der Waals surface area (Å²) >= 11 is 0. The summed E-state index contributed by atoms with van der Waals surface area (Å²) in [5.41, 5.74) is 0.0582. The van der Waals surface area contributed by atoms with E-state index in [1.54, 1.807) is 0 Å².